The Balaban J connectivity index is 2.85. The highest BCUT2D eigenvalue weighted by atomic mass is 15.4. The number of aromatic nitrogens is 2. The van der Waals surface area contributed by atoms with E-state index >= 15 is 0 Å². The molecular weight excluding hydrogens is 222 g/mol. The van der Waals surface area contributed by atoms with E-state index in [4.69, 9.17) is 5.10 Å². The van der Waals surface area contributed by atoms with Crippen LogP contribution in [0.25, 0.3) is 0 Å². The maximum atomic E-state index is 4.82. The molecule has 0 atom stereocenters. The molecule has 1 aliphatic rings. The molecule has 1 aromatic rings. The first-order valence-corrected chi connectivity index (χ1v) is 6.77. The highest BCUT2D eigenvalue weighted by Gasteiger charge is 2.54. The number of aryl methyl sites for hydroxylation is 1. The first-order valence-electron chi connectivity index (χ1n) is 6.77. The van der Waals surface area contributed by atoms with Gasteiger partial charge in [0.2, 0.25) is 0 Å². The van der Waals surface area contributed by atoms with E-state index in [1.54, 1.807) is 0 Å². The summed E-state index contributed by atoms with van der Waals surface area (Å²) >= 11 is 0. The summed E-state index contributed by atoms with van der Waals surface area (Å²) in [4.78, 5) is 2.49. The molecule has 0 aliphatic carbocycles. The molecule has 0 fully saturated rings. The second-order valence-corrected chi connectivity index (χ2v) is 7.21. The van der Waals surface area contributed by atoms with Crippen molar-refractivity contribution in [3.63, 3.8) is 0 Å². The Morgan fingerprint density at radius 2 is 1.39 bits per heavy atom. The van der Waals surface area contributed by atoms with Crippen LogP contribution in [0, 0.1) is 13.8 Å². The van der Waals surface area contributed by atoms with Crippen molar-refractivity contribution in [1.82, 2.24) is 14.7 Å². The fourth-order valence-electron chi connectivity index (χ4n) is 3.25. The molecular formula is C15H27N3. The van der Waals surface area contributed by atoms with Crippen molar-refractivity contribution in [3.05, 3.63) is 17.0 Å². The summed E-state index contributed by atoms with van der Waals surface area (Å²) in [7, 11) is 2.23. The lowest BCUT2D eigenvalue weighted by Gasteiger charge is -2.59. The first-order chi connectivity index (χ1) is 7.95. The van der Waals surface area contributed by atoms with Gasteiger partial charge in [-0.15, -0.1) is 0 Å². The van der Waals surface area contributed by atoms with Gasteiger partial charge in [-0.2, -0.15) is 5.10 Å². The van der Waals surface area contributed by atoms with E-state index in [2.05, 4.69) is 72.0 Å². The van der Waals surface area contributed by atoms with E-state index in [0.29, 0.717) is 0 Å². The van der Waals surface area contributed by atoms with Crippen molar-refractivity contribution in [2.45, 2.75) is 72.0 Å². The number of hydrogen-bond donors (Lipinski definition) is 0. The van der Waals surface area contributed by atoms with Crippen LogP contribution in [0.3, 0.4) is 0 Å². The van der Waals surface area contributed by atoms with Gasteiger partial charge in [0, 0.05) is 5.54 Å². The topological polar surface area (TPSA) is 21.1 Å². The van der Waals surface area contributed by atoms with Crippen molar-refractivity contribution >= 4 is 0 Å². The molecule has 3 nitrogen and oxygen atoms in total. The Labute approximate surface area is 111 Å². The van der Waals surface area contributed by atoms with Gasteiger partial charge in [-0.25, -0.2) is 0 Å². The van der Waals surface area contributed by atoms with Gasteiger partial charge in [-0.05, 0) is 68.0 Å². The molecule has 0 radical (unpaired) electrons. The molecule has 0 spiro atoms. The van der Waals surface area contributed by atoms with Crippen LogP contribution in [-0.4, -0.2) is 27.3 Å². The number of nitrogens with zero attached hydrogens (tertiary/aromatic N) is 3. The van der Waals surface area contributed by atoms with E-state index in [1.807, 2.05) is 0 Å². The summed E-state index contributed by atoms with van der Waals surface area (Å²) in [5.41, 5.74) is 3.87. The predicted octanol–water partition coefficient (Wildman–Crippen LogP) is 3.19. The smallest absolute Gasteiger partial charge is 0.0753 e. The zero-order valence-electron chi connectivity index (χ0n) is 13.3. The lowest BCUT2D eigenvalue weighted by atomic mass is 9.74. The minimum atomic E-state index is -0.0222. The first kappa shape index (κ1) is 13.6. The highest BCUT2D eigenvalue weighted by molar-refractivity contribution is 5.34. The van der Waals surface area contributed by atoms with Crippen LogP contribution in [0.4, 0.5) is 0 Å². The Morgan fingerprint density at radius 3 is 1.89 bits per heavy atom. The molecule has 18 heavy (non-hydrogen) atoms. The van der Waals surface area contributed by atoms with Gasteiger partial charge in [0.15, 0.2) is 0 Å². The lowest BCUT2D eigenvalue weighted by molar-refractivity contribution is -0.0724. The molecule has 1 aromatic heterocycles. The average molecular weight is 249 g/mol. The maximum absolute atomic E-state index is 4.82. The standard InChI is InChI=1S/C15H27N3/c1-10-11(2)16-18-12(10)13(3,4)17(9)14(5,6)15(18,7)8/h1-9H3. The molecule has 0 bridgehead atoms. The van der Waals surface area contributed by atoms with E-state index in [1.165, 1.54) is 11.3 Å². The van der Waals surface area contributed by atoms with Crippen LogP contribution in [0.15, 0.2) is 0 Å². The SMILES string of the molecule is Cc1nn2c(c1C)C(C)(C)N(C)C(C)(C)C2(C)C. The van der Waals surface area contributed by atoms with Crippen molar-refractivity contribution in [2.24, 2.45) is 0 Å². The zero-order valence-corrected chi connectivity index (χ0v) is 13.3. The summed E-state index contributed by atoms with van der Waals surface area (Å²) in [6.45, 7) is 18.1. The number of likely N-dealkylation sites (N-methyl/N-ethyl adjacent to an activating group) is 1. The van der Waals surface area contributed by atoms with Crippen LogP contribution in [-0.2, 0) is 11.1 Å². The summed E-state index contributed by atoms with van der Waals surface area (Å²) in [6, 6.07) is 0. The molecule has 0 N–H and O–H groups in total. The molecule has 0 unspecified atom stereocenters. The summed E-state index contributed by atoms with van der Waals surface area (Å²) in [5.74, 6) is 0. The maximum Gasteiger partial charge on any atom is 0.0753 e. The van der Waals surface area contributed by atoms with Gasteiger partial charge in [0.1, 0.15) is 0 Å². The van der Waals surface area contributed by atoms with Gasteiger partial charge in [-0.1, -0.05) is 0 Å². The molecule has 2 heterocycles. The third-order valence-electron chi connectivity index (χ3n) is 5.64. The van der Waals surface area contributed by atoms with Crippen molar-refractivity contribution in [2.75, 3.05) is 7.05 Å². The minimum Gasteiger partial charge on any atom is -0.288 e. The van der Waals surface area contributed by atoms with E-state index in [0.717, 1.165) is 5.69 Å². The minimum absolute atomic E-state index is 0.00433. The van der Waals surface area contributed by atoms with E-state index < -0.39 is 0 Å². The molecule has 102 valence electrons. The van der Waals surface area contributed by atoms with Crippen molar-refractivity contribution in [3.8, 4) is 0 Å². The van der Waals surface area contributed by atoms with Crippen molar-refractivity contribution in [1.29, 1.82) is 0 Å². The third-order valence-corrected chi connectivity index (χ3v) is 5.64. The van der Waals surface area contributed by atoms with Crippen LogP contribution in [0.5, 0.6) is 0 Å². The Hall–Kier alpha value is -0.830. The molecule has 0 saturated heterocycles. The van der Waals surface area contributed by atoms with Gasteiger partial charge in [-0.3, -0.25) is 9.58 Å². The monoisotopic (exact) mass is 249 g/mol. The average Bonchev–Trinajstić information content (AvgIpc) is 2.53. The van der Waals surface area contributed by atoms with Crippen LogP contribution >= 0.6 is 0 Å². The molecule has 3 heteroatoms. The number of hydrogen-bond acceptors (Lipinski definition) is 2. The predicted molar refractivity (Wildman–Crippen MR) is 75.9 cm³/mol. The number of rotatable bonds is 0. The van der Waals surface area contributed by atoms with E-state index in [-0.39, 0.29) is 16.6 Å². The Bertz CT molecular complexity index is 492. The molecule has 2 rings (SSSR count). The Kier molecular flexibility index (Phi) is 2.56. The van der Waals surface area contributed by atoms with Crippen LogP contribution < -0.4 is 0 Å². The fourth-order valence-corrected chi connectivity index (χ4v) is 3.25. The molecule has 1 aliphatic heterocycles. The largest absolute Gasteiger partial charge is 0.288 e. The second-order valence-electron chi connectivity index (χ2n) is 7.21. The normalized spacial score (nSPS) is 24.9. The Morgan fingerprint density at radius 1 is 0.889 bits per heavy atom. The van der Waals surface area contributed by atoms with Crippen LogP contribution in [0.1, 0.15) is 58.5 Å². The van der Waals surface area contributed by atoms with Crippen LogP contribution in [0.2, 0.25) is 0 Å². The van der Waals surface area contributed by atoms with Crippen molar-refractivity contribution < 1.29 is 0 Å². The molecule has 0 aromatic carbocycles. The summed E-state index contributed by atoms with van der Waals surface area (Å²) < 4.78 is 2.26. The quantitative estimate of drug-likeness (QED) is 0.704. The van der Waals surface area contributed by atoms with Gasteiger partial charge in [0.05, 0.1) is 22.5 Å². The molecule has 0 saturated carbocycles. The lowest BCUT2D eigenvalue weighted by Crippen LogP contribution is -2.67. The summed E-state index contributed by atoms with van der Waals surface area (Å²) in [5, 5.41) is 4.82. The second kappa shape index (κ2) is 3.38. The number of fused-ring (bicyclic) bond motifs is 1. The van der Waals surface area contributed by atoms with Gasteiger partial charge < -0.3 is 0 Å². The zero-order chi connectivity index (χ0) is 14.1. The highest BCUT2D eigenvalue weighted by Crippen LogP contribution is 2.48. The fraction of sp³-hybridized carbons (Fsp3) is 0.800. The third kappa shape index (κ3) is 1.31. The van der Waals surface area contributed by atoms with Gasteiger partial charge >= 0.3 is 0 Å². The van der Waals surface area contributed by atoms with E-state index in [9.17, 15) is 0 Å². The summed E-state index contributed by atoms with van der Waals surface area (Å²) in [6.07, 6.45) is 0. The molecule has 0 amide bonds. The van der Waals surface area contributed by atoms with Gasteiger partial charge in [0.25, 0.3) is 0 Å².